The van der Waals surface area contributed by atoms with Crippen molar-refractivity contribution in [3.8, 4) is 11.5 Å². The number of benzene rings is 2. The molecule has 2 rings (SSSR count). The van der Waals surface area contributed by atoms with Crippen LogP contribution in [0.25, 0.3) is 0 Å². The zero-order valence-electron chi connectivity index (χ0n) is 11.0. The summed E-state index contributed by atoms with van der Waals surface area (Å²) in [4.78, 5) is 0. The summed E-state index contributed by atoms with van der Waals surface area (Å²) < 4.78 is 6.00. The van der Waals surface area contributed by atoms with Crippen molar-refractivity contribution < 1.29 is 4.74 Å². The van der Waals surface area contributed by atoms with Gasteiger partial charge in [-0.2, -0.15) is 0 Å². The number of hydrogen-bond acceptors (Lipinski definition) is 1. The Balaban J connectivity index is 2.36. The quantitative estimate of drug-likeness (QED) is 0.694. The van der Waals surface area contributed by atoms with Crippen LogP contribution in [0.5, 0.6) is 11.5 Å². The average molecular weight is 261 g/mol. The van der Waals surface area contributed by atoms with E-state index in [1.807, 2.05) is 25.1 Å². The molecule has 0 bridgehead atoms. The van der Waals surface area contributed by atoms with Crippen LogP contribution in [0.15, 0.2) is 36.4 Å². The highest BCUT2D eigenvalue weighted by Gasteiger charge is 2.05. The maximum atomic E-state index is 6.00. The van der Waals surface area contributed by atoms with E-state index in [1.54, 1.807) is 0 Å². The molecule has 94 valence electrons. The standard InChI is InChI=1S/C16H17ClO/c1-11-4-5-12(2)15(8-11)18-16-9-14(10-17)7-6-13(16)3/h4-9H,10H2,1-3H3. The van der Waals surface area contributed by atoms with Crippen LogP contribution in [0.3, 0.4) is 0 Å². The largest absolute Gasteiger partial charge is 0.457 e. The van der Waals surface area contributed by atoms with E-state index in [4.69, 9.17) is 16.3 Å². The van der Waals surface area contributed by atoms with Crippen molar-refractivity contribution in [1.29, 1.82) is 0 Å². The second-order valence-electron chi connectivity index (χ2n) is 4.60. The van der Waals surface area contributed by atoms with Crippen LogP contribution in [0.2, 0.25) is 0 Å². The second kappa shape index (κ2) is 5.45. The van der Waals surface area contributed by atoms with E-state index in [1.165, 1.54) is 5.56 Å². The van der Waals surface area contributed by atoms with Crippen LogP contribution in [0.1, 0.15) is 22.3 Å². The molecule has 18 heavy (non-hydrogen) atoms. The van der Waals surface area contributed by atoms with Crippen molar-refractivity contribution >= 4 is 11.6 Å². The van der Waals surface area contributed by atoms with Crippen molar-refractivity contribution in [3.63, 3.8) is 0 Å². The van der Waals surface area contributed by atoms with E-state index in [-0.39, 0.29) is 0 Å². The molecular weight excluding hydrogens is 244 g/mol. The van der Waals surface area contributed by atoms with E-state index >= 15 is 0 Å². The SMILES string of the molecule is Cc1ccc(C)c(Oc2cc(CCl)ccc2C)c1. The number of hydrogen-bond donors (Lipinski definition) is 0. The summed E-state index contributed by atoms with van der Waals surface area (Å²) in [6.07, 6.45) is 0. The average Bonchev–Trinajstić information content (AvgIpc) is 2.36. The molecule has 0 aliphatic carbocycles. The first-order valence-electron chi connectivity index (χ1n) is 6.01. The fourth-order valence-electron chi connectivity index (χ4n) is 1.77. The first-order valence-corrected chi connectivity index (χ1v) is 6.54. The third-order valence-electron chi connectivity index (χ3n) is 2.97. The van der Waals surface area contributed by atoms with Gasteiger partial charge in [-0.3, -0.25) is 0 Å². The molecule has 0 radical (unpaired) electrons. The van der Waals surface area contributed by atoms with Crippen LogP contribution in [0, 0.1) is 20.8 Å². The molecule has 0 fully saturated rings. The first-order chi connectivity index (χ1) is 8.60. The number of aryl methyl sites for hydroxylation is 3. The lowest BCUT2D eigenvalue weighted by Gasteiger charge is -2.12. The molecule has 0 N–H and O–H groups in total. The Bertz CT molecular complexity index is 561. The Labute approximate surface area is 113 Å². The molecular formula is C16H17ClO. The molecule has 0 aliphatic heterocycles. The highest BCUT2D eigenvalue weighted by atomic mass is 35.5. The van der Waals surface area contributed by atoms with Crippen LogP contribution in [0.4, 0.5) is 0 Å². The van der Waals surface area contributed by atoms with Gasteiger partial charge in [0, 0.05) is 5.88 Å². The minimum atomic E-state index is 0.503. The van der Waals surface area contributed by atoms with Gasteiger partial charge in [0.1, 0.15) is 11.5 Å². The second-order valence-corrected chi connectivity index (χ2v) is 4.87. The summed E-state index contributed by atoms with van der Waals surface area (Å²) in [6, 6.07) is 12.3. The lowest BCUT2D eigenvalue weighted by atomic mass is 10.1. The summed E-state index contributed by atoms with van der Waals surface area (Å²) in [7, 11) is 0. The molecule has 0 aliphatic rings. The molecule has 0 atom stereocenters. The van der Waals surface area contributed by atoms with E-state index in [0.717, 1.165) is 28.2 Å². The maximum absolute atomic E-state index is 6.00. The number of halogens is 1. The van der Waals surface area contributed by atoms with Crippen molar-refractivity contribution in [2.75, 3.05) is 0 Å². The monoisotopic (exact) mass is 260 g/mol. The van der Waals surface area contributed by atoms with E-state index < -0.39 is 0 Å². The van der Waals surface area contributed by atoms with Gasteiger partial charge < -0.3 is 4.74 Å². The van der Waals surface area contributed by atoms with Gasteiger partial charge >= 0.3 is 0 Å². The summed E-state index contributed by atoms with van der Waals surface area (Å²) in [5.74, 6) is 2.29. The highest BCUT2D eigenvalue weighted by molar-refractivity contribution is 6.17. The normalized spacial score (nSPS) is 10.4. The van der Waals surface area contributed by atoms with Crippen LogP contribution < -0.4 is 4.74 Å². The predicted octanol–water partition coefficient (Wildman–Crippen LogP) is 5.14. The Hall–Kier alpha value is -1.47. The van der Waals surface area contributed by atoms with Gasteiger partial charge in [0.05, 0.1) is 0 Å². The minimum Gasteiger partial charge on any atom is -0.457 e. The molecule has 2 aromatic rings. The highest BCUT2D eigenvalue weighted by Crippen LogP contribution is 2.29. The van der Waals surface area contributed by atoms with Gasteiger partial charge in [-0.05, 0) is 55.2 Å². The molecule has 0 saturated carbocycles. The van der Waals surface area contributed by atoms with Crippen molar-refractivity contribution in [2.45, 2.75) is 26.7 Å². The molecule has 2 aromatic carbocycles. The van der Waals surface area contributed by atoms with Gasteiger partial charge in [-0.15, -0.1) is 11.6 Å². The molecule has 0 heterocycles. The number of rotatable bonds is 3. The summed E-state index contributed by atoms with van der Waals surface area (Å²) >= 11 is 5.86. The lowest BCUT2D eigenvalue weighted by Crippen LogP contribution is -1.92. The van der Waals surface area contributed by atoms with E-state index in [9.17, 15) is 0 Å². The Kier molecular flexibility index (Phi) is 3.93. The number of ether oxygens (including phenoxy) is 1. The van der Waals surface area contributed by atoms with Gasteiger partial charge in [-0.25, -0.2) is 0 Å². The Morgan fingerprint density at radius 1 is 0.889 bits per heavy atom. The third kappa shape index (κ3) is 2.85. The van der Waals surface area contributed by atoms with E-state index in [0.29, 0.717) is 5.88 Å². The molecule has 1 nitrogen and oxygen atoms in total. The molecule has 0 aromatic heterocycles. The van der Waals surface area contributed by atoms with E-state index in [2.05, 4.69) is 32.0 Å². The molecule has 0 spiro atoms. The van der Waals surface area contributed by atoms with Crippen molar-refractivity contribution in [1.82, 2.24) is 0 Å². The zero-order valence-corrected chi connectivity index (χ0v) is 11.7. The van der Waals surface area contributed by atoms with Gasteiger partial charge in [0.2, 0.25) is 0 Å². The van der Waals surface area contributed by atoms with Crippen LogP contribution in [-0.4, -0.2) is 0 Å². The van der Waals surface area contributed by atoms with Crippen LogP contribution >= 0.6 is 11.6 Å². The minimum absolute atomic E-state index is 0.503. The number of alkyl halides is 1. The fourth-order valence-corrected chi connectivity index (χ4v) is 1.94. The topological polar surface area (TPSA) is 9.23 Å². The smallest absolute Gasteiger partial charge is 0.130 e. The van der Waals surface area contributed by atoms with Crippen molar-refractivity contribution in [3.05, 3.63) is 58.7 Å². The van der Waals surface area contributed by atoms with Gasteiger partial charge in [-0.1, -0.05) is 24.3 Å². The molecule has 0 saturated heterocycles. The Morgan fingerprint density at radius 2 is 1.50 bits per heavy atom. The van der Waals surface area contributed by atoms with Crippen LogP contribution in [-0.2, 0) is 5.88 Å². The fraction of sp³-hybridized carbons (Fsp3) is 0.250. The summed E-state index contributed by atoms with van der Waals surface area (Å²) in [5, 5.41) is 0. The summed E-state index contributed by atoms with van der Waals surface area (Å²) in [6.45, 7) is 6.16. The summed E-state index contributed by atoms with van der Waals surface area (Å²) in [5.41, 5.74) is 4.52. The maximum Gasteiger partial charge on any atom is 0.130 e. The lowest BCUT2D eigenvalue weighted by molar-refractivity contribution is 0.474. The molecule has 0 unspecified atom stereocenters. The molecule has 0 amide bonds. The predicted molar refractivity (Wildman–Crippen MR) is 76.7 cm³/mol. The molecule has 2 heteroatoms. The van der Waals surface area contributed by atoms with Gasteiger partial charge in [0.15, 0.2) is 0 Å². The van der Waals surface area contributed by atoms with Crippen molar-refractivity contribution in [2.24, 2.45) is 0 Å². The zero-order chi connectivity index (χ0) is 13.1. The first kappa shape index (κ1) is 13.0. The third-order valence-corrected chi connectivity index (χ3v) is 3.28. The van der Waals surface area contributed by atoms with Gasteiger partial charge in [0.25, 0.3) is 0 Å². The Morgan fingerprint density at radius 3 is 2.17 bits per heavy atom.